The van der Waals surface area contributed by atoms with Gasteiger partial charge >= 0.3 is 6.18 Å². The van der Waals surface area contributed by atoms with E-state index in [-0.39, 0.29) is 18.3 Å². The van der Waals surface area contributed by atoms with Crippen molar-refractivity contribution in [3.63, 3.8) is 0 Å². The van der Waals surface area contributed by atoms with Gasteiger partial charge in [0.1, 0.15) is 5.52 Å². The first kappa shape index (κ1) is 19.4. The predicted octanol–water partition coefficient (Wildman–Crippen LogP) is 2.31. The van der Waals surface area contributed by atoms with Crippen LogP contribution in [0.15, 0.2) is 48.5 Å². The second-order valence-corrected chi connectivity index (χ2v) is 7.27. The smallest absolute Gasteiger partial charge is 0.327 e. The van der Waals surface area contributed by atoms with E-state index in [1.165, 1.54) is 18.2 Å². The van der Waals surface area contributed by atoms with E-state index in [0.29, 0.717) is 0 Å². The lowest BCUT2D eigenvalue weighted by atomic mass is 10.0. The lowest BCUT2D eigenvalue weighted by Crippen LogP contribution is -3.14. The number of alkyl halides is 3. The van der Waals surface area contributed by atoms with Gasteiger partial charge in [0.15, 0.2) is 6.54 Å². The van der Waals surface area contributed by atoms with Crippen LogP contribution in [0.5, 0.6) is 0 Å². The van der Waals surface area contributed by atoms with Crippen molar-refractivity contribution < 1.29 is 22.9 Å². The molecule has 4 rings (SSSR count). The number of para-hydroxylation sites is 2. The number of carbonyl (C=O) groups is 1. The van der Waals surface area contributed by atoms with Crippen molar-refractivity contribution in [3.8, 4) is 0 Å². The van der Waals surface area contributed by atoms with Crippen LogP contribution < -0.4 is 10.2 Å². The largest absolute Gasteiger partial charge is 0.418 e. The second-order valence-electron chi connectivity index (χ2n) is 7.27. The zero-order valence-electron chi connectivity index (χ0n) is 15.6. The van der Waals surface area contributed by atoms with Crippen LogP contribution in [0.1, 0.15) is 24.4 Å². The van der Waals surface area contributed by atoms with E-state index in [4.69, 9.17) is 0 Å². The number of halogens is 3. The Hall–Kier alpha value is -2.94. The Morgan fingerprint density at radius 2 is 1.79 bits per heavy atom. The highest BCUT2D eigenvalue weighted by Gasteiger charge is 2.34. The highest BCUT2D eigenvalue weighted by atomic mass is 19.4. The Labute approximate surface area is 165 Å². The van der Waals surface area contributed by atoms with E-state index in [2.05, 4.69) is 15.6 Å². The molecule has 0 bridgehead atoms. The van der Waals surface area contributed by atoms with Gasteiger partial charge in [0, 0.05) is 12.8 Å². The number of hydrogen-bond donors (Lipinski definition) is 2. The summed E-state index contributed by atoms with van der Waals surface area (Å²) >= 11 is 0. The minimum atomic E-state index is -4.50. The topological polar surface area (TPSA) is 64.2 Å². The molecule has 0 atom stereocenters. The van der Waals surface area contributed by atoms with Crippen molar-refractivity contribution in [2.45, 2.75) is 25.1 Å². The molecular weight excluding hydrogens is 383 g/mol. The van der Waals surface area contributed by atoms with Crippen molar-refractivity contribution in [1.82, 2.24) is 15.0 Å². The quantitative estimate of drug-likeness (QED) is 0.702. The normalized spacial score (nSPS) is 20.0. The third-order valence-electron chi connectivity index (χ3n) is 5.30. The summed E-state index contributed by atoms with van der Waals surface area (Å²) in [6.07, 6.45) is -2.85. The molecule has 0 aliphatic carbocycles. The monoisotopic (exact) mass is 404 g/mol. The maximum atomic E-state index is 13.1. The summed E-state index contributed by atoms with van der Waals surface area (Å²) < 4.78 is 41.2. The molecule has 2 heterocycles. The maximum absolute atomic E-state index is 13.1. The van der Waals surface area contributed by atoms with E-state index in [1.54, 1.807) is 0 Å². The Morgan fingerprint density at radius 3 is 2.55 bits per heavy atom. The molecule has 1 saturated heterocycles. The van der Waals surface area contributed by atoms with Gasteiger partial charge in [-0.3, -0.25) is 4.79 Å². The van der Waals surface area contributed by atoms with Crippen LogP contribution in [0.25, 0.3) is 11.0 Å². The summed E-state index contributed by atoms with van der Waals surface area (Å²) in [7, 11) is 0. The number of aromatic nitrogens is 3. The van der Waals surface area contributed by atoms with E-state index in [1.807, 2.05) is 28.9 Å². The van der Waals surface area contributed by atoms with E-state index in [9.17, 15) is 18.0 Å². The van der Waals surface area contributed by atoms with Crippen LogP contribution in [0, 0.1) is 0 Å². The Balaban J connectivity index is 1.35. The van der Waals surface area contributed by atoms with Crippen LogP contribution in [0.2, 0.25) is 0 Å². The molecular formula is C20H21F3N5O+. The number of hydrogen-bond acceptors (Lipinski definition) is 3. The number of nitrogens with one attached hydrogen (secondary N) is 2. The van der Waals surface area contributed by atoms with Gasteiger partial charge < -0.3 is 10.2 Å². The van der Waals surface area contributed by atoms with Gasteiger partial charge in [0.25, 0.3) is 5.91 Å². The number of amides is 1. The third-order valence-corrected chi connectivity index (χ3v) is 5.30. The average molecular weight is 404 g/mol. The zero-order chi connectivity index (χ0) is 20.4. The highest BCUT2D eigenvalue weighted by molar-refractivity contribution is 5.92. The molecule has 2 aromatic carbocycles. The molecule has 9 heteroatoms. The van der Waals surface area contributed by atoms with Crippen LogP contribution in [0.3, 0.4) is 0 Å². The maximum Gasteiger partial charge on any atom is 0.418 e. The first-order valence-corrected chi connectivity index (χ1v) is 9.51. The molecule has 1 amide bonds. The first-order valence-electron chi connectivity index (χ1n) is 9.51. The number of fused-ring (bicyclic) bond motifs is 1. The number of carbonyl (C=O) groups excluding carboxylic acids is 1. The van der Waals surface area contributed by atoms with Gasteiger partial charge in [-0.2, -0.15) is 13.2 Å². The number of quaternary nitrogens is 1. The number of nitrogens with zero attached hydrogens (tertiary/aromatic N) is 3. The molecule has 2 N–H and O–H groups in total. The van der Waals surface area contributed by atoms with Crippen molar-refractivity contribution in [3.05, 3.63) is 54.1 Å². The van der Waals surface area contributed by atoms with Crippen molar-refractivity contribution in [2.24, 2.45) is 0 Å². The SMILES string of the molecule is O=C(C[NH+]1CCC(n2nnc3ccccc32)CC1)Nc1ccccc1C(F)(F)F. The minimum absolute atomic E-state index is 0.136. The summed E-state index contributed by atoms with van der Waals surface area (Å²) in [6.45, 7) is 1.62. The highest BCUT2D eigenvalue weighted by Crippen LogP contribution is 2.34. The molecule has 152 valence electrons. The fraction of sp³-hybridized carbons (Fsp3) is 0.350. The standard InChI is InChI=1S/C20H20F3N5O/c21-20(22,23)15-5-1-2-6-16(15)24-19(29)13-27-11-9-14(10-12-27)28-18-8-4-3-7-17(18)25-26-28/h1-8,14H,9-13H2,(H,24,29)/p+1. The molecule has 0 radical (unpaired) electrons. The van der Waals surface area contributed by atoms with Crippen LogP contribution >= 0.6 is 0 Å². The van der Waals surface area contributed by atoms with Gasteiger partial charge in [-0.1, -0.05) is 29.5 Å². The molecule has 0 saturated carbocycles. The zero-order valence-corrected chi connectivity index (χ0v) is 15.6. The van der Waals surface area contributed by atoms with Crippen LogP contribution in [-0.2, 0) is 11.0 Å². The number of likely N-dealkylation sites (tertiary alicyclic amines) is 1. The number of rotatable bonds is 4. The summed E-state index contributed by atoms with van der Waals surface area (Å²) in [5.41, 5.74) is 0.806. The minimum Gasteiger partial charge on any atom is -0.327 e. The average Bonchev–Trinajstić information content (AvgIpc) is 3.12. The molecule has 1 fully saturated rings. The molecule has 1 aromatic heterocycles. The van der Waals surface area contributed by atoms with E-state index in [0.717, 1.165) is 47.9 Å². The fourth-order valence-corrected chi connectivity index (χ4v) is 3.85. The van der Waals surface area contributed by atoms with Gasteiger partial charge in [0.2, 0.25) is 0 Å². The molecule has 1 aliphatic heterocycles. The van der Waals surface area contributed by atoms with Gasteiger partial charge in [-0.15, -0.1) is 5.10 Å². The molecule has 0 unspecified atom stereocenters. The molecule has 29 heavy (non-hydrogen) atoms. The van der Waals surface area contributed by atoms with Gasteiger partial charge in [0.05, 0.1) is 35.9 Å². The second kappa shape index (κ2) is 7.82. The lowest BCUT2D eigenvalue weighted by Gasteiger charge is -2.29. The van der Waals surface area contributed by atoms with E-state index >= 15 is 0 Å². The summed E-state index contributed by atoms with van der Waals surface area (Å²) in [5.74, 6) is -0.415. The molecule has 6 nitrogen and oxygen atoms in total. The lowest BCUT2D eigenvalue weighted by molar-refractivity contribution is -0.897. The van der Waals surface area contributed by atoms with Gasteiger partial charge in [-0.05, 0) is 24.3 Å². The summed E-state index contributed by atoms with van der Waals surface area (Å²) in [5, 5.41) is 10.9. The third kappa shape index (κ3) is 4.24. The van der Waals surface area contributed by atoms with Gasteiger partial charge in [-0.25, -0.2) is 4.68 Å². The molecule has 0 spiro atoms. The summed E-state index contributed by atoms with van der Waals surface area (Å²) in [4.78, 5) is 13.4. The number of benzene rings is 2. The molecule has 1 aliphatic rings. The molecule has 3 aromatic rings. The Bertz CT molecular complexity index is 1010. The van der Waals surface area contributed by atoms with E-state index < -0.39 is 17.6 Å². The summed E-state index contributed by atoms with van der Waals surface area (Å²) in [6, 6.07) is 13.0. The Morgan fingerprint density at radius 1 is 1.10 bits per heavy atom. The Kier molecular flexibility index (Phi) is 5.23. The number of anilines is 1. The fourth-order valence-electron chi connectivity index (χ4n) is 3.85. The predicted molar refractivity (Wildman–Crippen MR) is 101 cm³/mol. The first-order chi connectivity index (χ1) is 13.9. The van der Waals surface area contributed by atoms with Crippen molar-refractivity contribution >= 4 is 22.6 Å². The van der Waals surface area contributed by atoms with Crippen molar-refractivity contribution in [2.75, 3.05) is 25.0 Å². The van der Waals surface area contributed by atoms with Crippen LogP contribution in [-0.4, -0.2) is 40.5 Å². The number of piperidine rings is 1. The van der Waals surface area contributed by atoms with Crippen LogP contribution in [0.4, 0.5) is 18.9 Å². The van der Waals surface area contributed by atoms with Crippen molar-refractivity contribution in [1.29, 1.82) is 0 Å².